The first-order valence-electron chi connectivity index (χ1n) is 5.00. The van der Waals surface area contributed by atoms with E-state index in [2.05, 4.69) is 6.58 Å². The summed E-state index contributed by atoms with van der Waals surface area (Å²) in [6.07, 6.45) is 2.14. The van der Waals surface area contributed by atoms with Gasteiger partial charge in [-0.1, -0.05) is 12.1 Å². The van der Waals surface area contributed by atoms with Crippen molar-refractivity contribution in [3.05, 3.63) is 47.8 Å². The zero-order chi connectivity index (χ0) is 12.1. The van der Waals surface area contributed by atoms with Crippen molar-refractivity contribution in [2.75, 3.05) is 0 Å². The molecule has 1 aromatic rings. The Kier molecular flexibility index (Phi) is 4.55. The van der Waals surface area contributed by atoms with Crippen molar-refractivity contribution in [2.45, 2.75) is 25.4 Å². The maximum Gasteiger partial charge on any atom is 0.194 e. The van der Waals surface area contributed by atoms with Crippen molar-refractivity contribution in [2.24, 2.45) is 0 Å². The Morgan fingerprint density at radius 2 is 1.94 bits per heavy atom. The first-order chi connectivity index (χ1) is 7.57. The predicted molar refractivity (Wildman–Crippen MR) is 55.3 cm³/mol. The van der Waals surface area contributed by atoms with Crippen LogP contribution in [-0.2, 0) is 0 Å². The fourth-order valence-corrected chi connectivity index (χ4v) is 1.41. The average molecular weight is 230 g/mol. The summed E-state index contributed by atoms with van der Waals surface area (Å²) < 4.78 is 38.7. The molecule has 1 atom stereocenters. The molecule has 1 nitrogen and oxygen atoms in total. The van der Waals surface area contributed by atoms with E-state index < -0.39 is 23.6 Å². The van der Waals surface area contributed by atoms with E-state index >= 15 is 0 Å². The highest BCUT2D eigenvalue weighted by Gasteiger charge is 2.18. The van der Waals surface area contributed by atoms with E-state index in [-0.39, 0.29) is 12.0 Å². The molecule has 0 aliphatic heterocycles. The molecule has 88 valence electrons. The normalized spacial score (nSPS) is 12.5. The molecule has 1 aromatic carbocycles. The van der Waals surface area contributed by atoms with Crippen LogP contribution in [0.25, 0.3) is 0 Å². The summed E-state index contributed by atoms with van der Waals surface area (Å²) in [6.45, 7) is 3.51. The molecule has 1 unspecified atom stereocenters. The second-order valence-corrected chi connectivity index (χ2v) is 3.50. The first-order valence-corrected chi connectivity index (χ1v) is 5.00. The van der Waals surface area contributed by atoms with Gasteiger partial charge < -0.3 is 5.11 Å². The van der Waals surface area contributed by atoms with E-state index in [1.165, 1.54) is 0 Å². The van der Waals surface area contributed by atoms with Gasteiger partial charge in [0.25, 0.3) is 0 Å². The lowest BCUT2D eigenvalue weighted by Crippen LogP contribution is -2.04. The maximum absolute atomic E-state index is 13.2. The SMILES string of the molecule is C=CCCCC(O)c1ccc(F)c(F)c1F. The number of hydrogen-bond donors (Lipinski definition) is 1. The molecule has 0 bridgehead atoms. The van der Waals surface area contributed by atoms with Crippen LogP contribution in [0.1, 0.15) is 30.9 Å². The Labute approximate surface area is 92.2 Å². The van der Waals surface area contributed by atoms with Crippen LogP contribution in [0, 0.1) is 17.5 Å². The van der Waals surface area contributed by atoms with Crippen molar-refractivity contribution in [3.63, 3.8) is 0 Å². The van der Waals surface area contributed by atoms with Gasteiger partial charge in [-0.3, -0.25) is 0 Å². The van der Waals surface area contributed by atoms with Crippen LogP contribution in [0.15, 0.2) is 24.8 Å². The lowest BCUT2D eigenvalue weighted by Gasteiger charge is -2.11. The minimum absolute atomic E-state index is 0.206. The van der Waals surface area contributed by atoms with Crippen molar-refractivity contribution >= 4 is 0 Å². The monoisotopic (exact) mass is 230 g/mol. The number of allylic oxidation sites excluding steroid dienone is 1. The van der Waals surface area contributed by atoms with Gasteiger partial charge in [-0.15, -0.1) is 6.58 Å². The maximum atomic E-state index is 13.2. The van der Waals surface area contributed by atoms with Gasteiger partial charge in [-0.05, 0) is 25.3 Å². The summed E-state index contributed by atoms with van der Waals surface area (Å²) in [5.74, 6) is -4.11. The molecule has 0 amide bonds. The zero-order valence-electron chi connectivity index (χ0n) is 8.72. The summed E-state index contributed by atoms with van der Waals surface area (Å²) in [5, 5.41) is 9.58. The highest BCUT2D eigenvalue weighted by atomic mass is 19.2. The fraction of sp³-hybridized carbons (Fsp3) is 0.333. The van der Waals surface area contributed by atoms with E-state index in [0.29, 0.717) is 12.8 Å². The Bertz CT molecular complexity index is 377. The largest absolute Gasteiger partial charge is 0.388 e. The Morgan fingerprint density at radius 1 is 1.25 bits per heavy atom. The number of aliphatic hydroxyl groups is 1. The zero-order valence-corrected chi connectivity index (χ0v) is 8.72. The number of benzene rings is 1. The second kappa shape index (κ2) is 5.70. The topological polar surface area (TPSA) is 20.2 Å². The Hall–Kier alpha value is -1.29. The molecule has 0 heterocycles. The number of hydrogen-bond acceptors (Lipinski definition) is 1. The summed E-state index contributed by atoms with van der Waals surface area (Å²) >= 11 is 0. The average Bonchev–Trinajstić information content (AvgIpc) is 2.26. The minimum Gasteiger partial charge on any atom is -0.388 e. The van der Waals surface area contributed by atoms with Gasteiger partial charge in [0.2, 0.25) is 0 Å². The molecule has 0 aromatic heterocycles. The van der Waals surface area contributed by atoms with Gasteiger partial charge in [0, 0.05) is 5.56 Å². The molecule has 0 saturated carbocycles. The van der Waals surface area contributed by atoms with Crippen molar-refractivity contribution in [1.82, 2.24) is 0 Å². The molecule has 1 N–H and O–H groups in total. The smallest absolute Gasteiger partial charge is 0.194 e. The van der Waals surface area contributed by atoms with Gasteiger partial charge in [0.1, 0.15) is 0 Å². The first kappa shape index (κ1) is 12.8. The number of rotatable bonds is 5. The molecule has 0 aliphatic rings. The number of halogens is 3. The van der Waals surface area contributed by atoms with Gasteiger partial charge in [0.05, 0.1) is 6.10 Å². The highest BCUT2D eigenvalue weighted by Crippen LogP contribution is 2.24. The molecular weight excluding hydrogens is 217 g/mol. The second-order valence-electron chi connectivity index (χ2n) is 3.50. The van der Waals surface area contributed by atoms with E-state index in [1.807, 2.05) is 0 Å². The molecule has 0 aliphatic carbocycles. The van der Waals surface area contributed by atoms with Gasteiger partial charge >= 0.3 is 0 Å². The van der Waals surface area contributed by atoms with Crippen molar-refractivity contribution < 1.29 is 18.3 Å². The van der Waals surface area contributed by atoms with Crippen LogP contribution >= 0.6 is 0 Å². The molecular formula is C12H13F3O. The van der Waals surface area contributed by atoms with Crippen LogP contribution in [-0.4, -0.2) is 5.11 Å². The van der Waals surface area contributed by atoms with Crippen LogP contribution in [0.5, 0.6) is 0 Å². The van der Waals surface area contributed by atoms with Crippen LogP contribution in [0.3, 0.4) is 0 Å². The minimum atomic E-state index is -1.54. The van der Waals surface area contributed by atoms with Crippen molar-refractivity contribution in [1.29, 1.82) is 0 Å². The Morgan fingerprint density at radius 3 is 2.56 bits per heavy atom. The summed E-state index contributed by atoms with van der Waals surface area (Å²) in [6, 6.07) is 1.87. The molecule has 1 rings (SSSR count). The number of unbranched alkanes of at least 4 members (excludes halogenated alkanes) is 1. The molecule has 0 spiro atoms. The van der Waals surface area contributed by atoms with Gasteiger partial charge in [-0.2, -0.15) is 0 Å². The van der Waals surface area contributed by atoms with Crippen LogP contribution < -0.4 is 0 Å². The van der Waals surface area contributed by atoms with E-state index in [0.717, 1.165) is 12.1 Å². The lowest BCUT2D eigenvalue weighted by molar-refractivity contribution is 0.159. The summed E-state index contributed by atoms with van der Waals surface area (Å²) in [5.41, 5.74) is -0.206. The predicted octanol–water partition coefficient (Wildman–Crippen LogP) is 3.49. The molecule has 4 heteroatoms. The molecule has 16 heavy (non-hydrogen) atoms. The van der Waals surface area contributed by atoms with Gasteiger partial charge in [-0.25, -0.2) is 13.2 Å². The van der Waals surface area contributed by atoms with E-state index in [9.17, 15) is 18.3 Å². The molecule has 0 fully saturated rings. The number of aliphatic hydroxyl groups excluding tert-OH is 1. The molecule has 0 saturated heterocycles. The third kappa shape index (κ3) is 2.85. The van der Waals surface area contributed by atoms with E-state index in [1.54, 1.807) is 6.08 Å². The summed E-state index contributed by atoms with van der Waals surface area (Å²) in [4.78, 5) is 0. The van der Waals surface area contributed by atoms with E-state index in [4.69, 9.17) is 0 Å². The standard InChI is InChI=1S/C12H13F3O/c1-2-3-4-5-10(16)8-6-7-9(13)12(15)11(8)14/h2,6-7,10,16H,1,3-5H2. The van der Waals surface area contributed by atoms with Gasteiger partial charge in [0.15, 0.2) is 17.5 Å². The van der Waals surface area contributed by atoms with Crippen LogP contribution in [0.4, 0.5) is 13.2 Å². The molecule has 0 radical (unpaired) electrons. The highest BCUT2D eigenvalue weighted by molar-refractivity contribution is 5.22. The van der Waals surface area contributed by atoms with Crippen LogP contribution in [0.2, 0.25) is 0 Å². The quantitative estimate of drug-likeness (QED) is 0.466. The fourth-order valence-electron chi connectivity index (χ4n) is 1.41. The summed E-state index contributed by atoms with van der Waals surface area (Å²) in [7, 11) is 0. The lowest BCUT2D eigenvalue weighted by atomic mass is 10.0. The third-order valence-electron chi connectivity index (χ3n) is 2.31. The Balaban J connectivity index is 2.79. The third-order valence-corrected chi connectivity index (χ3v) is 2.31. The van der Waals surface area contributed by atoms with Crippen molar-refractivity contribution in [3.8, 4) is 0 Å².